The van der Waals surface area contributed by atoms with Crippen LogP contribution in [0.3, 0.4) is 0 Å². The standard InChI is InChI=1S/C18H18ClN5O/c1-25-14-8-4-11(5-9-14)15-10-16(12-2-6-13(19)7-3-12)24-18(21-15)22-17(20)23-24/h2-9,15-16H,10H2,1H3,(H3,20,21,22,23)/t15-,16-/m0/s1. The molecule has 2 atom stereocenters. The highest BCUT2D eigenvalue weighted by molar-refractivity contribution is 6.30. The van der Waals surface area contributed by atoms with Gasteiger partial charge in [0.2, 0.25) is 11.9 Å². The molecule has 0 saturated carbocycles. The zero-order chi connectivity index (χ0) is 17.4. The third-order valence-corrected chi connectivity index (χ3v) is 4.73. The second-order valence-electron chi connectivity index (χ2n) is 6.01. The maximum Gasteiger partial charge on any atom is 0.241 e. The van der Waals surface area contributed by atoms with Gasteiger partial charge in [-0.1, -0.05) is 35.9 Å². The summed E-state index contributed by atoms with van der Waals surface area (Å²) in [6, 6.07) is 16.0. The number of rotatable bonds is 3. The Labute approximate surface area is 150 Å². The summed E-state index contributed by atoms with van der Waals surface area (Å²) in [5.74, 6) is 1.77. The molecular weight excluding hydrogens is 338 g/mol. The molecule has 4 rings (SSSR count). The Morgan fingerprint density at radius 1 is 1.12 bits per heavy atom. The van der Waals surface area contributed by atoms with Crippen molar-refractivity contribution >= 4 is 23.5 Å². The van der Waals surface area contributed by atoms with Crippen molar-refractivity contribution in [1.29, 1.82) is 0 Å². The summed E-state index contributed by atoms with van der Waals surface area (Å²) in [6.45, 7) is 0. The first kappa shape index (κ1) is 15.8. The molecule has 2 heterocycles. The van der Waals surface area contributed by atoms with Crippen molar-refractivity contribution in [1.82, 2.24) is 14.8 Å². The fraction of sp³-hybridized carbons (Fsp3) is 0.222. The molecule has 0 radical (unpaired) electrons. The van der Waals surface area contributed by atoms with E-state index in [0.29, 0.717) is 11.0 Å². The van der Waals surface area contributed by atoms with Gasteiger partial charge >= 0.3 is 0 Å². The highest BCUT2D eigenvalue weighted by Gasteiger charge is 2.30. The number of hydrogen-bond acceptors (Lipinski definition) is 5. The molecule has 3 aromatic rings. The molecule has 0 amide bonds. The second kappa shape index (κ2) is 6.29. The van der Waals surface area contributed by atoms with Crippen LogP contribution in [0.4, 0.5) is 11.9 Å². The Hall–Kier alpha value is -2.73. The molecule has 0 spiro atoms. The van der Waals surface area contributed by atoms with Crippen LogP contribution in [-0.2, 0) is 0 Å². The van der Waals surface area contributed by atoms with Crippen molar-refractivity contribution in [3.05, 3.63) is 64.7 Å². The van der Waals surface area contributed by atoms with Crippen molar-refractivity contribution in [2.75, 3.05) is 18.2 Å². The lowest BCUT2D eigenvalue weighted by atomic mass is 9.93. The van der Waals surface area contributed by atoms with E-state index in [-0.39, 0.29) is 18.0 Å². The highest BCUT2D eigenvalue weighted by atomic mass is 35.5. The molecular formula is C18H18ClN5O. The monoisotopic (exact) mass is 355 g/mol. The number of ether oxygens (including phenoxy) is 1. The molecule has 128 valence electrons. The van der Waals surface area contributed by atoms with Gasteiger partial charge in [-0.2, -0.15) is 4.98 Å². The van der Waals surface area contributed by atoms with Crippen molar-refractivity contribution in [3.8, 4) is 5.75 Å². The number of hydrogen-bond donors (Lipinski definition) is 2. The minimum Gasteiger partial charge on any atom is -0.497 e. The number of nitrogens with one attached hydrogen (secondary N) is 1. The first-order valence-electron chi connectivity index (χ1n) is 8.02. The molecule has 7 heteroatoms. The van der Waals surface area contributed by atoms with E-state index in [4.69, 9.17) is 22.1 Å². The van der Waals surface area contributed by atoms with E-state index in [9.17, 15) is 0 Å². The van der Waals surface area contributed by atoms with E-state index < -0.39 is 0 Å². The largest absolute Gasteiger partial charge is 0.497 e. The number of nitrogen functional groups attached to an aromatic ring is 1. The molecule has 3 N–H and O–H groups in total. The molecule has 0 aliphatic carbocycles. The predicted octanol–water partition coefficient (Wildman–Crippen LogP) is 3.67. The number of nitrogens with zero attached hydrogens (tertiary/aromatic N) is 3. The average Bonchev–Trinajstić information content (AvgIpc) is 3.02. The average molecular weight is 356 g/mol. The Bertz CT molecular complexity index is 875. The van der Waals surface area contributed by atoms with Gasteiger partial charge in [-0.3, -0.25) is 0 Å². The maximum absolute atomic E-state index is 6.03. The third-order valence-electron chi connectivity index (χ3n) is 4.48. The smallest absolute Gasteiger partial charge is 0.241 e. The summed E-state index contributed by atoms with van der Waals surface area (Å²) >= 11 is 6.03. The van der Waals surface area contributed by atoms with Crippen LogP contribution in [0.2, 0.25) is 5.02 Å². The number of anilines is 2. The van der Waals surface area contributed by atoms with Gasteiger partial charge in [0.05, 0.1) is 19.2 Å². The van der Waals surface area contributed by atoms with Crippen molar-refractivity contribution in [2.45, 2.75) is 18.5 Å². The maximum atomic E-state index is 6.03. The van der Waals surface area contributed by atoms with Crippen molar-refractivity contribution in [2.24, 2.45) is 0 Å². The predicted molar refractivity (Wildman–Crippen MR) is 98.0 cm³/mol. The van der Waals surface area contributed by atoms with Gasteiger partial charge < -0.3 is 15.8 Å². The molecule has 25 heavy (non-hydrogen) atoms. The Morgan fingerprint density at radius 3 is 2.48 bits per heavy atom. The molecule has 0 fully saturated rings. The van der Waals surface area contributed by atoms with Gasteiger partial charge in [0.1, 0.15) is 5.75 Å². The van der Waals surface area contributed by atoms with Crippen LogP contribution in [-0.4, -0.2) is 21.9 Å². The third kappa shape index (κ3) is 3.00. The van der Waals surface area contributed by atoms with Gasteiger partial charge in [-0.15, -0.1) is 5.10 Å². The molecule has 0 saturated heterocycles. The van der Waals surface area contributed by atoms with Gasteiger partial charge in [-0.05, 0) is 41.8 Å². The number of fused-ring (bicyclic) bond motifs is 1. The minimum atomic E-state index is 0.0328. The first-order valence-corrected chi connectivity index (χ1v) is 8.40. The lowest BCUT2D eigenvalue weighted by Gasteiger charge is -2.31. The van der Waals surface area contributed by atoms with Crippen LogP contribution >= 0.6 is 11.6 Å². The zero-order valence-corrected chi connectivity index (χ0v) is 14.4. The summed E-state index contributed by atoms with van der Waals surface area (Å²) < 4.78 is 7.09. The normalized spacial score (nSPS) is 19.1. The minimum absolute atomic E-state index is 0.0328. The molecule has 1 aliphatic heterocycles. The van der Waals surface area contributed by atoms with Crippen molar-refractivity contribution < 1.29 is 4.74 Å². The summed E-state index contributed by atoms with van der Waals surface area (Å²) in [5.41, 5.74) is 8.10. The number of methoxy groups -OCH3 is 1. The number of nitrogens with two attached hydrogens (primary N) is 1. The SMILES string of the molecule is COc1ccc([C@@H]2C[C@@H](c3ccc(Cl)cc3)n3nc(N)nc3N2)cc1. The van der Waals surface area contributed by atoms with Gasteiger partial charge in [-0.25, -0.2) is 4.68 Å². The Morgan fingerprint density at radius 2 is 1.80 bits per heavy atom. The van der Waals surface area contributed by atoms with E-state index in [2.05, 4.69) is 27.5 Å². The number of benzene rings is 2. The molecule has 0 unspecified atom stereocenters. The van der Waals surface area contributed by atoms with Crippen LogP contribution in [0.25, 0.3) is 0 Å². The molecule has 1 aliphatic rings. The van der Waals surface area contributed by atoms with Crippen LogP contribution in [0.5, 0.6) is 5.75 Å². The lowest BCUT2D eigenvalue weighted by molar-refractivity contribution is 0.413. The van der Waals surface area contributed by atoms with Gasteiger partial charge in [0, 0.05) is 5.02 Å². The van der Waals surface area contributed by atoms with Gasteiger partial charge in [0.15, 0.2) is 0 Å². The lowest BCUT2D eigenvalue weighted by Crippen LogP contribution is -2.28. The van der Waals surface area contributed by atoms with Crippen LogP contribution in [0, 0.1) is 0 Å². The van der Waals surface area contributed by atoms with Crippen LogP contribution in [0.15, 0.2) is 48.5 Å². The summed E-state index contributed by atoms with van der Waals surface area (Å²) in [5, 5.41) is 8.49. The van der Waals surface area contributed by atoms with E-state index in [0.717, 1.165) is 23.3 Å². The summed E-state index contributed by atoms with van der Waals surface area (Å²) in [4.78, 5) is 4.32. The van der Waals surface area contributed by atoms with Crippen molar-refractivity contribution in [3.63, 3.8) is 0 Å². The van der Waals surface area contributed by atoms with E-state index in [1.807, 2.05) is 41.1 Å². The number of halogens is 1. The summed E-state index contributed by atoms with van der Waals surface area (Å²) in [6.07, 6.45) is 0.823. The highest BCUT2D eigenvalue weighted by Crippen LogP contribution is 2.38. The second-order valence-corrected chi connectivity index (χ2v) is 6.45. The first-order chi connectivity index (χ1) is 12.1. The Balaban J connectivity index is 1.71. The van der Waals surface area contributed by atoms with E-state index in [1.165, 1.54) is 0 Å². The van der Waals surface area contributed by atoms with Crippen LogP contribution in [0.1, 0.15) is 29.6 Å². The Kier molecular flexibility index (Phi) is 3.97. The van der Waals surface area contributed by atoms with E-state index >= 15 is 0 Å². The number of aromatic nitrogens is 3. The summed E-state index contributed by atoms with van der Waals surface area (Å²) in [7, 11) is 1.66. The zero-order valence-electron chi connectivity index (χ0n) is 13.7. The van der Waals surface area contributed by atoms with Gasteiger partial charge in [0.25, 0.3) is 0 Å². The molecule has 1 aromatic heterocycles. The molecule has 2 aromatic carbocycles. The molecule has 6 nitrogen and oxygen atoms in total. The van der Waals surface area contributed by atoms with E-state index in [1.54, 1.807) is 7.11 Å². The fourth-order valence-electron chi connectivity index (χ4n) is 3.21. The quantitative estimate of drug-likeness (QED) is 0.749. The topological polar surface area (TPSA) is 78.0 Å². The van der Waals surface area contributed by atoms with Crippen LogP contribution < -0.4 is 15.8 Å². The molecule has 0 bridgehead atoms. The fourth-order valence-corrected chi connectivity index (χ4v) is 3.34.